The Balaban J connectivity index is 1.40. The minimum Gasteiger partial charge on any atom is -0.493 e. The van der Waals surface area contributed by atoms with Crippen LogP contribution >= 0.6 is 0 Å². The summed E-state index contributed by atoms with van der Waals surface area (Å²) in [6, 6.07) is 11.4. The lowest BCUT2D eigenvalue weighted by molar-refractivity contribution is -0.111. The highest BCUT2D eigenvalue weighted by Crippen LogP contribution is 2.40. The number of hydrogen-bond acceptors (Lipinski definition) is 5. The van der Waals surface area contributed by atoms with Crippen LogP contribution in [0.4, 0.5) is 5.69 Å². The van der Waals surface area contributed by atoms with Crippen molar-refractivity contribution in [1.29, 1.82) is 0 Å². The number of rotatable bonds is 6. The summed E-state index contributed by atoms with van der Waals surface area (Å²) < 4.78 is 18.6. The largest absolute Gasteiger partial charge is 0.493 e. The second-order valence-corrected chi connectivity index (χ2v) is 6.87. The van der Waals surface area contributed by atoms with Crippen molar-refractivity contribution in [2.45, 2.75) is 13.5 Å². The lowest BCUT2D eigenvalue weighted by Gasteiger charge is -2.20. The second-order valence-electron chi connectivity index (χ2n) is 6.87. The topological polar surface area (TPSA) is 74.6 Å². The van der Waals surface area contributed by atoms with E-state index in [1.165, 1.54) is 6.08 Å². The van der Waals surface area contributed by atoms with E-state index < -0.39 is 0 Å². The summed E-state index contributed by atoms with van der Waals surface area (Å²) in [4.78, 5) is 16.5. The quantitative estimate of drug-likeness (QED) is 0.634. The summed E-state index contributed by atoms with van der Waals surface area (Å²) in [5, 5.41) is 2.87. The summed E-state index contributed by atoms with van der Waals surface area (Å²) in [6.45, 7) is 3.69. The van der Waals surface area contributed by atoms with E-state index in [9.17, 15) is 4.79 Å². The van der Waals surface area contributed by atoms with E-state index in [-0.39, 0.29) is 5.91 Å². The molecule has 3 aromatic rings. The fraction of sp³-hybridized carbons (Fsp3) is 0.217. The van der Waals surface area contributed by atoms with Crippen LogP contribution in [0.15, 0.2) is 54.9 Å². The molecule has 0 unspecified atom stereocenters. The molecule has 0 saturated carbocycles. The Morgan fingerprint density at radius 1 is 1.23 bits per heavy atom. The lowest BCUT2D eigenvalue weighted by atomic mass is 10.1. The molecule has 0 atom stereocenters. The minimum absolute atomic E-state index is 0.220. The van der Waals surface area contributed by atoms with Crippen LogP contribution in [-0.4, -0.2) is 35.8 Å². The fourth-order valence-corrected chi connectivity index (χ4v) is 3.21. The highest BCUT2D eigenvalue weighted by atomic mass is 16.6. The first-order valence-electron chi connectivity index (χ1n) is 9.66. The highest BCUT2D eigenvalue weighted by Gasteiger charge is 2.17. The van der Waals surface area contributed by atoms with Crippen LogP contribution in [0.5, 0.6) is 17.2 Å². The predicted molar refractivity (Wildman–Crippen MR) is 114 cm³/mol. The molecule has 1 aliphatic rings. The zero-order valence-corrected chi connectivity index (χ0v) is 16.9. The van der Waals surface area contributed by atoms with Crippen LogP contribution < -0.4 is 19.5 Å². The number of ether oxygens (including phenoxy) is 3. The van der Waals surface area contributed by atoms with Crippen LogP contribution in [-0.2, 0) is 11.3 Å². The monoisotopic (exact) mass is 405 g/mol. The van der Waals surface area contributed by atoms with Gasteiger partial charge in [0.05, 0.1) is 7.11 Å². The van der Waals surface area contributed by atoms with Crippen LogP contribution in [0.25, 0.3) is 6.08 Å². The molecule has 1 aliphatic heterocycles. The summed E-state index contributed by atoms with van der Waals surface area (Å²) in [5.41, 5.74) is 2.65. The summed E-state index contributed by atoms with van der Waals surface area (Å²) in [6.07, 6.45) is 6.93. The van der Waals surface area contributed by atoms with Gasteiger partial charge in [0.1, 0.15) is 19.0 Å². The molecule has 154 valence electrons. The summed E-state index contributed by atoms with van der Waals surface area (Å²) in [5.74, 6) is 2.53. The van der Waals surface area contributed by atoms with Gasteiger partial charge in [-0.05, 0) is 48.4 Å². The average Bonchev–Trinajstić information content (AvgIpc) is 3.17. The first kappa shape index (κ1) is 19.6. The van der Waals surface area contributed by atoms with E-state index in [1.54, 1.807) is 19.4 Å². The van der Waals surface area contributed by atoms with Gasteiger partial charge in [0.25, 0.3) is 0 Å². The van der Waals surface area contributed by atoms with Crippen molar-refractivity contribution < 1.29 is 19.0 Å². The maximum atomic E-state index is 12.3. The Morgan fingerprint density at radius 2 is 2.03 bits per heavy atom. The number of imidazole rings is 1. The number of anilines is 1. The maximum Gasteiger partial charge on any atom is 0.248 e. The van der Waals surface area contributed by atoms with E-state index in [0.717, 1.165) is 29.2 Å². The molecule has 0 spiro atoms. The molecule has 30 heavy (non-hydrogen) atoms. The van der Waals surface area contributed by atoms with Gasteiger partial charge in [0.15, 0.2) is 11.5 Å². The zero-order valence-electron chi connectivity index (χ0n) is 16.9. The van der Waals surface area contributed by atoms with Crippen molar-refractivity contribution in [3.8, 4) is 17.2 Å². The minimum atomic E-state index is -0.220. The van der Waals surface area contributed by atoms with E-state index in [0.29, 0.717) is 30.5 Å². The van der Waals surface area contributed by atoms with Gasteiger partial charge in [-0.1, -0.05) is 12.1 Å². The molecular weight excluding hydrogens is 382 g/mol. The van der Waals surface area contributed by atoms with E-state index >= 15 is 0 Å². The maximum absolute atomic E-state index is 12.3. The number of carbonyl (C=O) groups is 1. The average molecular weight is 405 g/mol. The number of fused-ring (bicyclic) bond motifs is 1. The molecule has 7 nitrogen and oxygen atoms in total. The Kier molecular flexibility index (Phi) is 5.70. The van der Waals surface area contributed by atoms with Crippen molar-refractivity contribution in [3.05, 3.63) is 71.8 Å². The van der Waals surface area contributed by atoms with Gasteiger partial charge >= 0.3 is 0 Å². The van der Waals surface area contributed by atoms with Gasteiger partial charge in [-0.25, -0.2) is 4.98 Å². The van der Waals surface area contributed by atoms with Gasteiger partial charge in [0.2, 0.25) is 11.7 Å². The number of carbonyl (C=O) groups excluding carboxylic acids is 1. The third-order valence-electron chi connectivity index (χ3n) is 4.78. The van der Waals surface area contributed by atoms with Gasteiger partial charge in [-0.2, -0.15) is 0 Å². The number of aryl methyl sites for hydroxylation is 1. The molecule has 1 amide bonds. The van der Waals surface area contributed by atoms with E-state index in [1.807, 2.05) is 49.5 Å². The van der Waals surface area contributed by atoms with Crippen molar-refractivity contribution in [1.82, 2.24) is 9.55 Å². The number of nitrogens with one attached hydrogen (secondary N) is 1. The molecule has 0 radical (unpaired) electrons. The highest BCUT2D eigenvalue weighted by molar-refractivity contribution is 6.02. The molecule has 4 rings (SSSR count). The predicted octanol–water partition coefficient (Wildman–Crippen LogP) is 3.67. The van der Waals surface area contributed by atoms with E-state index in [2.05, 4.69) is 14.9 Å². The fourth-order valence-electron chi connectivity index (χ4n) is 3.21. The molecule has 0 aliphatic carbocycles. The van der Waals surface area contributed by atoms with Crippen molar-refractivity contribution in [2.24, 2.45) is 0 Å². The second kappa shape index (κ2) is 8.73. The molecule has 1 N–H and O–H groups in total. The normalized spacial score (nSPS) is 12.7. The molecule has 0 saturated heterocycles. The van der Waals surface area contributed by atoms with Gasteiger partial charge in [0, 0.05) is 30.7 Å². The van der Waals surface area contributed by atoms with Crippen LogP contribution in [0.3, 0.4) is 0 Å². The molecule has 2 aromatic carbocycles. The Hall–Kier alpha value is -3.74. The van der Waals surface area contributed by atoms with E-state index in [4.69, 9.17) is 14.2 Å². The lowest BCUT2D eigenvalue weighted by Crippen LogP contribution is -2.16. The Labute approximate surface area is 174 Å². The summed E-state index contributed by atoms with van der Waals surface area (Å²) >= 11 is 0. The number of nitrogens with zero attached hydrogens (tertiary/aromatic N) is 2. The molecule has 0 fully saturated rings. The van der Waals surface area contributed by atoms with Crippen LogP contribution in [0.2, 0.25) is 0 Å². The Morgan fingerprint density at radius 3 is 2.77 bits per heavy atom. The molecule has 2 heterocycles. The molecular formula is C23H23N3O4. The van der Waals surface area contributed by atoms with Gasteiger partial charge < -0.3 is 24.1 Å². The number of aromatic nitrogens is 2. The molecule has 1 aromatic heterocycles. The van der Waals surface area contributed by atoms with Crippen LogP contribution in [0.1, 0.15) is 17.0 Å². The molecule has 7 heteroatoms. The number of hydrogen-bond donors (Lipinski definition) is 1. The number of amides is 1. The molecule has 0 bridgehead atoms. The third-order valence-corrected chi connectivity index (χ3v) is 4.78. The Bertz CT molecular complexity index is 1050. The smallest absolute Gasteiger partial charge is 0.248 e. The van der Waals surface area contributed by atoms with Crippen molar-refractivity contribution in [3.63, 3.8) is 0 Å². The number of benzene rings is 2. The van der Waals surface area contributed by atoms with Crippen molar-refractivity contribution in [2.75, 3.05) is 25.6 Å². The first-order chi connectivity index (χ1) is 14.6. The SMILES string of the molecule is COc1cc(/C=C/C(=O)Nc2ccc(Cn3ccnc3C)cc2)cc2c1OCCO2. The van der Waals surface area contributed by atoms with Gasteiger partial charge in [-0.3, -0.25) is 4.79 Å². The zero-order chi connectivity index (χ0) is 20.9. The first-order valence-corrected chi connectivity index (χ1v) is 9.66. The van der Waals surface area contributed by atoms with Crippen LogP contribution in [0, 0.1) is 6.92 Å². The van der Waals surface area contributed by atoms with Crippen molar-refractivity contribution >= 4 is 17.7 Å². The third kappa shape index (κ3) is 4.46. The van der Waals surface area contributed by atoms with Gasteiger partial charge in [-0.15, -0.1) is 0 Å². The summed E-state index contributed by atoms with van der Waals surface area (Å²) in [7, 11) is 1.57. The standard InChI is InChI=1S/C23H23N3O4/c1-16-24-9-10-26(16)15-17-3-6-19(7-4-17)25-22(27)8-5-18-13-20(28-2)23-21(14-18)29-11-12-30-23/h3-10,13-14H,11-12,15H2,1-2H3,(H,25,27)/b8-5+. The number of methoxy groups -OCH3 is 1.